The van der Waals surface area contributed by atoms with Crippen LogP contribution in [0.4, 0.5) is 11.4 Å². The topological polar surface area (TPSA) is 98.3 Å². The zero-order chi connectivity index (χ0) is 15.4. The lowest BCUT2D eigenvalue weighted by Crippen LogP contribution is -2.22. The number of nitro groups is 1. The first kappa shape index (κ1) is 14.5. The van der Waals surface area contributed by atoms with Crippen LogP contribution < -0.4 is 11.1 Å². The van der Waals surface area contributed by atoms with Crippen molar-refractivity contribution in [1.29, 1.82) is 0 Å². The second-order valence-electron chi connectivity index (χ2n) is 4.68. The van der Waals surface area contributed by atoms with E-state index in [-0.39, 0.29) is 18.1 Å². The summed E-state index contributed by atoms with van der Waals surface area (Å²) in [6.07, 6.45) is 0. The number of nitro benzene ring substituents is 1. The third-order valence-electron chi connectivity index (χ3n) is 3.11. The van der Waals surface area contributed by atoms with Crippen molar-refractivity contribution in [3.8, 4) is 0 Å². The van der Waals surface area contributed by atoms with Crippen LogP contribution in [-0.4, -0.2) is 10.8 Å². The second kappa shape index (κ2) is 6.04. The molecule has 2 rings (SSSR count). The molecule has 0 unspecified atom stereocenters. The van der Waals surface area contributed by atoms with Crippen LogP contribution in [0.1, 0.15) is 21.5 Å². The van der Waals surface area contributed by atoms with Crippen molar-refractivity contribution in [2.75, 3.05) is 5.73 Å². The number of nitrogens with zero attached hydrogens (tertiary/aromatic N) is 1. The molecule has 0 saturated heterocycles. The van der Waals surface area contributed by atoms with Crippen LogP contribution in [-0.2, 0) is 6.54 Å². The highest BCUT2D eigenvalue weighted by atomic mass is 16.6. The molecule has 0 heterocycles. The predicted octanol–water partition coefficient (Wildman–Crippen LogP) is 2.42. The van der Waals surface area contributed by atoms with Gasteiger partial charge in [0.1, 0.15) is 0 Å². The van der Waals surface area contributed by atoms with Crippen LogP contribution in [0.3, 0.4) is 0 Å². The van der Waals surface area contributed by atoms with Crippen LogP contribution in [0.5, 0.6) is 0 Å². The van der Waals surface area contributed by atoms with E-state index in [2.05, 4.69) is 5.32 Å². The van der Waals surface area contributed by atoms with Crippen molar-refractivity contribution in [1.82, 2.24) is 5.32 Å². The van der Waals surface area contributed by atoms with Gasteiger partial charge < -0.3 is 11.1 Å². The summed E-state index contributed by atoms with van der Waals surface area (Å²) in [6, 6.07) is 11.2. The summed E-state index contributed by atoms with van der Waals surface area (Å²) in [5, 5.41) is 13.4. The lowest BCUT2D eigenvalue weighted by molar-refractivity contribution is -0.384. The number of nitrogen functional groups attached to an aromatic ring is 1. The van der Waals surface area contributed by atoms with Crippen molar-refractivity contribution in [3.05, 3.63) is 69.3 Å². The molecule has 2 aromatic carbocycles. The number of hydrogen-bond donors (Lipinski definition) is 2. The molecule has 3 N–H and O–H groups in total. The van der Waals surface area contributed by atoms with E-state index in [9.17, 15) is 14.9 Å². The molecule has 6 heteroatoms. The standard InChI is InChI=1S/C15H15N3O3/c1-10-7-12(5-6-14(10)16)15(19)17-9-11-3-2-4-13(8-11)18(20)21/h2-8H,9,16H2,1H3,(H,17,19). The molecule has 0 aliphatic carbocycles. The Morgan fingerprint density at radius 2 is 2.05 bits per heavy atom. The number of amides is 1. The number of non-ortho nitro benzene ring substituents is 1. The van der Waals surface area contributed by atoms with E-state index in [0.717, 1.165) is 5.56 Å². The zero-order valence-electron chi connectivity index (χ0n) is 11.5. The molecule has 21 heavy (non-hydrogen) atoms. The minimum atomic E-state index is -0.464. The summed E-state index contributed by atoms with van der Waals surface area (Å²) in [4.78, 5) is 22.2. The normalized spacial score (nSPS) is 10.1. The van der Waals surface area contributed by atoms with Gasteiger partial charge in [0, 0.05) is 29.9 Å². The highest BCUT2D eigenvalue weighted by molar-refractivity contribution is 5.94. The van der Waals surface area contributed by atoms with Crippen LogP contribution in [0.25, 0.3) is 0 Å². The molecule has 0 atom stereocenters. The van der Waals surface area contributed by atoms with Gasteiger partial charge in [0.15, 0.2) is 0 Å². The number of hydrogen-bond acceptors (Lipinski definition) is 4. The highest BCUT2D eigenvalue weighted by Crippen LogP contribution is 2.14. The lowest BCUT2D eigenvalue weighted by Gasteiger charge is -2.07. The summed E-state index contributed by atoms with van der Waals surface area (Å²) in [6.45, 7) is 2.05. The van der Waals surface area contributed by atoms with E-state index in [1.807, 2.05) is 6.92 Å². The Hall–Kier alpha value is -2.89. The van der Waals surface area contributed by atoms with E-state index < -0.39 is 4.92 Å². The fourth-order valence-electron chi connectivity index (χ4n) is 1.88. The third-order valence-corrected chi connectivity index (χ3v) is 3.11. The van der Waals surface area contributed by atoms with Gasteiger partial charge in [0.2, 0.25) is 0 Å². The predicted molar refractivity (Wildman–Crippen MR) is 79.9 cm³/mol. The average molecular weight is 285 g/mol. The van der Waals surface area contributed by atoms with Crippen LogP contribution in [0.15, 0.2) is 42.5 Å². The Kier molecular flexibility index (Phi) is 4.18. The molecule has 0 saturated carbocycles. The van der Waals surface area contributed by atoms with Crippen LogP contribution in [0, 0.1) is 17.0 Å². The minimum absolute atomic E-state index is 0.00470. The first-order valence-corrected chi connectivity index (χ1v) is 6.35. The second-order valence-corrected chi connectivity index (χ2v) is 4.68. The van der Waals surface area contributed by atoms with Crippen molar-refractivity contribution < 1.29 is 9.72 Å². The number of aryl methyl sites for hydroxylation is 1. The summed E-state index contributed by atoms with van der Waals surface area (Å²) in [5.41, 5.74) is 8.35. The SMILES string of the molecule is Cc1cc(C(=O)NCc2cccc([N+](=O)[O-])c2)ccc1N. The molecular weight excluding hydrogens is 270 g/mol. The number of rotatable bonds is 4. The van der Waals surface area contributed by atoms with Gasteiger partial charge in [-0.05, 0) is 36.2 Å². The molecule has 0 spiro atoms. The van der Waals surface area contributed by atoms with Gasteiger partial charge in [-0.3, -0.25) is 14.9 Å². The maximum Gasteiger partial charge on any atom is 0.269 e. The Balaban J connectivity index is 2.05. The quantitative estimate of drug-likeness (QED) is 0.512. The van der Waals surface area contributed by atoms with E-state index in [4.69, 9.17) is 5.73 Å². The van der Waals surface area contributed by atoms with E-state index in [0.29, 0.717) is 16.8 Å². The Morgan fingerprint density at radius 3 is 2.71 bits per heavy atom. The summed E-state index contributed by atoms with van der Waals surface area (Å²) in [7, 11) is 0. The fourth-order valence-corrected chi connectivity index (χ4v) is 1.88. The molecule has 0 aromatic heterocycles. The Labute approximate surface area is 121 Å². The molecule has 1 amide bonds. The Morgan fingerprint density at radius 1 is 1.29 bits per heavy atom. The van der Waals surface area contributed by atoms with Crippen molar-refractivity contribution >= 4 is 17.3 Å². The van der Waals surface area contributed by atoms with Gasteiger partial charge >= 0.3 is 0 Å². The molecule has 108 valence electrons. The van der Waals surface area contributed by atoms with Crippen LogP contribution >= 0.6 is 0 Å². The average Bonchev–Trinajstić information content (AvgIpc) is 2.48. The van der Waals surface area contributed by atoms with Crippen LogP contribution in [0.2, 0.25) is 0 Å². The van der Waals surface area contributed by atoms with E-state index >= 15 is 0 Å². The highest BCUT2D eigenvalue weighted by Gasteiger charge is 2.09. The summed E-state index contributed by atoms with van der Waals surface area (Å²) < 4.78 is 0. The molecule has 6 nitrogen and oxygen atoms in total. The minimum Gasteiger partial charge on any atom is -0.399 e. The van der Waals surface area contributed by atoms with E-state index in [1.165, 1.54) is 12.1 Å². The van der Waals surface area contributed by atoms with Crippen molar-refractivity contribution in [2.24, 2.45) is 0 Å². The molecule has 0 radical (unpaired) electrons. The number of nitrogens with one attached hydrogen (secondary N) is 1. The monoisotopic (exact) mass is 285 g/mol. The number of carbonyl (C=O) groups is 1. The maximum atomic E-state index is 12.0. The van der Waals surface area contributed by atoms with Gasteiger partial charge in [-0.1, -0.05) is 12.1 Å². The number of anilines is 1. The molecule has 0 fully saturated rings. The molecule has 0 aliphatic rings. The van der Waals surface area contributed by atoms with Gasteiger partial charge in [-0.15, -0.1) is 0 Å². The molecule has 2 aromatic rings. The molecule has 0 bridgehead atoms. The smallest absolute Gasteiger partial charge is 0.269 e. The third kappa shape index (κ3) is 3.56. The van der Waals surface area contributed by atoms with Gasteiger partial charge in [-0.2, -0.15) is 0 Å². The zero-order valence-corrected chi connectivity index (χ0v) is 11.5. The molecular formula is C15H15N3O3. The Bertz CT molecular complexity index is 698. The number of benzene rings is 2. The summed E-state index contributed by atoms with van der Waals surface area (Å²) in [5.74, 6) is -0.246. The summed E-state index contributed by atoms with van der Waals surface area (Å²) >= 11 is 0. The van der Waals surface area contributed by atoms with Gasteiger partial charge in [0.05, 0.1) is 4.92 Å². The van der Waals surface area contributed by atoms with Crippen molar-refractivity contribution in [3.63, 3.8) is 0 Å². The van der Waals surface area contributed by atoms with Gasteiger partial charge in [-0.25, -0.2) is 0 Å². The van der Waals surface area contributed by atoms with E-state index in [1.54, 1.807) is 30.3 Å². The van der Waals surface area contributed by atoms with Gasteiger partial charge in [0.25, 0.3) is 11.6 Å². The lowest BCUT2D eigenvalue weighted by atomic mass is 10.1. The number of nitrogens with two attached hydrogens (primary N) is 1. The fraction of sp³-hybridized carbons (Fsp3) is 0.133. The maximum absolute atomic E-state index is 12.0. The first-order valence-electron chi connectivity index (χ1n) is 6.35. The van der Waals surface area contributed by atoms with Crippen molar-refractivity contribution in [2.45, 2.75) is 13.5 Å². The first-order chi connectivity index (χ1) is 9.97. The number of carbonyl (C=O) groups excluding carboxylic acids is 1. The largest absolute Gasteiger partial charge is 0.399 e. The molecule has 0 aliphatic heterocycles.